The molecule has 0 radical (unpaired) electrons. The van der Waals surface area contributed by atoms with Crippen LogP contribution >= 0.6 is 11.8 Å². The molecule has 0 bridgehead atoms. The Hall–Kier alpha value is -2.86. The first-order chi connectivity index (χ1) is 12.7. The molecule has 0 spiro atoms. The maximum atomic E-state index is 11.7. The number of fused-ring (bicyclic) bond motifs is 1. The average Bonchev–Trinajstić information content (AvgIpc) is 2.97. The van der Waals surface area contributed by atoms with Gasteiger partial charge in [0.1, 0.15) is 12.4 Å². The summed E-state index contributed by atoms with van der Waals surface area (Å²) in [6.45, 7) is 0.506. The number of aromatic nitrogens is 1. The van der Waals surface area contributed by atoms with Gasteiger partial charge in [-0.2, -0.15) is 0 Å². The van der Waals surface area contributed by atoms with Gasteiger partial charge >= 0.3 is 0 Å². The van der Waals surface area contributed by atoms with Gasteiger partial charge in [-0.15, -0.1) is 0 Å². The van der Waals surface area contributed by atoms with Crippen molar-refractivity contribution in [3.05, 3.63) is 71.9 Å². The van der Waals surface area contributed by atoms with Gasteiger partial charge in [-0.05, 0) is 35.7 Å². The summed E-state index contributed by atoms with van der Waals surface area (Å²) < 4.78 is 5.83. The number of pyridine rings is 1. The standard InChI is InChI=1S/C20H16N2O3S/c23-19-18(26-20(24)22-19)9-14-8-15-6-7-16(10-17(15)21-11-14)25-12-13-4-2-1-3-5-13/h1-8,10-11,18H,9,12H2,(H,22,23,24). The van der Waals surface area contributed by atoms with Crippen molar-refractivity contribution in [2.24, 2.45) is 0 Å². The predicted octanol–water partition coefficient (Wildman–Crippen LogP) is 3.71. The van der Waals surface area contributed by atoms with E-state index in [9.17, 15) is 9.59 Å². The SMILES string of the molecule is O=C1NC(=O)C(Cc2cnc3cc(OCc4ccccc4)ccc3c2)S1. The summed E-state index contributed by atoms with van der Waals surface area (Å²) in [7, 11) is 0. The number of thioether (sulfide) groups is 1. The number of carbonyl (C=O) groups excluding carboxylic acids is 2. The van der Waals surface area contributed by atoms with Gasteiger partial charge in [-0.3, -0.25) is 19.9 Å². The van der Waals surface area contributed by atoms with E-state index in [2.05, 4.69) is 10.3 Å². The lowest BCUT2D eigenvalue weighted by Crippen LogP contribution is -2.25. The van der Waals surface area contributed by atoms with Gasteiger partial charge in [0.05, 0.1) is 10.8 Å². The van der Waals surface area contributed by atoms with Crippen LogP contribution < -0.4 is 10.1 Å². The third-order valence-corrected chi connectivity index (χ3v) is 5.13. The van der Waals surface area contributed by atoms with Crippen molar-refractivity contribution in [3.63, 3.8) is 0 Å². The summed E-state index contributed by atoms with van der Waals surface area (Å²) in [5, 5.41) is 2.62. The summed E-state index contributed by atoms with van der Waals surface area (Å²) in [6, 6.07) is 17.8. The van der Waals surface area contributed by atoms with Gasteiger partial charge in [0.25, 0.3) is 5.24 Å². The van der Waals surface area contributed by atoms with Crippen molar-refractivity contribution in [1.29, 1.82) is 0 Å². The molecule has 1 saturated heterocycles. The fourth-order valence-corrected chi connectivity index (χ4v) is 3.69. The highest BCUT2D eigenvalue weighted by atomic mass is 32.2. The van der Waals surface area contributed by atoms with Gasteiger partial charge in [-0.25, -0.2) is 0 Å². The lowest BCUT2D eigenvalue weighted by molar-refractivity contribution is -0.118. The highest BCUT2D eigenvalue weighted by Crippen LogP contribution is 2.25. The van der Waals surface area contributed by atoms with Crippen molar-refractivity contribution in [2.45, 2.75) is 18.3 Å². The molecule has 0 saturated carbocycles. The minimum atomic E-state index is -0.379. The lowest BCUT2D eigenvalue weighted by atomic mass is 10.1. The van der Waals surface area contributed by atoms with E-state index in [1.807, 2.05) is 54.6 Å². The molecule has 6 heteroatoms. The summed E-state index contributed by atoms with van der Waals surface area (Å²) in [5.41, 5.74) is 2.87. The third-order valence-electron chi connectivity index (χ3n) is 4.15. The second-order valence-electron chi connectivity index (χ2n) is 6.06. The van der Waals surface area contributed by atoms with Crippen molar-refractivity contribution in [2.75, 3.05) is 0 Å². The van der Waals surface area contributed by atoms with Gasteiger partial charge in [-0.1, -0.05) is 42.1 Å². The number of ether oxygens (including phenoxy) is 1. The predicted molar refractivity (Wildman–Crippen MR) is 101 cm³/mol. The van der Waals surface area contributed by atoms with Crippen LogP contribution in [0, 0.1) is 0 Å². The van der Waals surface area contributed by atoms with Gasteiger partial charge in [0.15, 0.2) is 0 Å². The number of nitrogens with zero attached hydrogens (tertiary/aromatic N) is 1. The number of carbonyl (C=O) groups is 2. The normalized spacial score (nSPS) is 16.7. The Kier molecular flexibility index (Phi) is 4.58. The zero-order valence-electron chi connectivity index (χ0n) is 13.8. The zero-order valence-corrected chi connectivity index (χ0v) is 14.7. The van der Waals surface area contributed by atoms with E-state index in [4.69, 9.17) is 4.74 Å². The zero-order chi connectivity index (χ0) is 17.9. The van der Waals surface area contributed by atoms with E-state index in [-0.39, 0.29) is 16.4 Å². The first-order valence-corrected chi connectivity index (χ1v) is 9.12. The molecular formula is C20H16N2O3S. The second-order valence-corrected chi connectivity index (χ2v) is 7.24. The molecule has 1 aliphatic rings. The molecule has 4 rings (SSSR count). The molecule has 0 aliphatic carbocycles. The minimum Gasteiger partial charge on any atom is -0.489 e. The Balaban J connectivity index is 1.47. The molecule has 1 N–H and O–H groups in total. The Morgan fingerprint density at radius 3 is 2.65 bits per heavy atom. The fraction of sp³-hybridized carbons (Fsp3) is 0.150. The first-order valence-electron chi connectivity index (χ1n) is 8.24. The third kappa shape index (κ3) is 3.70. The van der Waals surface area contributed by atoms with E-state index in [0.717, 1.165) is 39.5 Å². The summed E-state index contributed by atoms with van der Waals surface area (Å²) in [5.74, 6) is 0.530. The molecule has 2 aromatic carbocycles. The molecule has 1 aromatic heterocycles. The second kappa shape index (κ2) is 7.17. The quantitative estimate of drug-likeness (QED) is 0.747. The smallest absolute Gasteiger partial charge is 0.286 e. The maximum absolute atomic E-state index is 11.7. The summed E-state index contributed by atoms with van der Waals surface area (Å²) in [6.07, 6.45) is 2.23. The van der Waals surface area contributed by atoms with Crippen LogP contribution in [0.3, 0.4) is 0 Å². The van der Waals surface area contributed by atoms with Crippen molar-refractivity contribution < 1.29 is 14.3 Å². The maximum Gasteiger partial charge on any atom is 0.286 e. The van der Waals surface area contributed by atoms with Crippen LogP contribution in [-0.4, -0.2) is 21.4 Å². The number of benzene rings is 2. The Morgan fingerprint density at radius 2 is 1.88 bits per heavy atom. The number of imide groups is 1. The van der Waals surface area contributed by atoms with Crippen molar-refractivity contribution in [1.82, 2.24) is 10.3 Å². The van der Waals surface area contributed by atoms with Gasteiger partial charge < -0.3 is 4.74 Å². The Labute approximate surface area is 154 Å². The number of amides is 2. The monoisotopic (exact) mass is 364 g/mol. The molecule has 26 heavy (non-hydrogen) atoms. The van der Waals surface area contributed by atoms with Crippen LogP contribution in [0.25, 0.3) is 10.9 Å². The molecule has 1 unspecified atom stereocenters. The highest BCUT2D eigenvalue weighted by molar-refractivity contribution is 8.15. The van der Waals surface area contributed by atoms with Gasteiger partial charge in [0, 0.05) is 17.6 Å². The van der Waals surface area contributed by atoms with Crippen LogP contribution in [0.1, 0.15) is 11.1 Å². The van der Waals surface area contributed by atoms with Crippen LogP contribution in [0.15, 0.2) is 60.8 Å². The minimum absolute atomic E-state index is 0.232. The Morgan fingerprint density at radius 1 is 1.04 bits per heavy atom. The number of rotatable bonds is 5. The Bertz CT molecular complexity index is 975. The highest BCUT2D eigenvalue weighted by Gasteiger charge is 2.31. The first kappa shape index (κ1) is 16.6. The molecule has 2 amide bonds. The molecule has 1 aliphatic heterocycles. The van der Waals surface area contributed by atoms with E-state index in [1.165, 1.54) is 0 Å². The molecular weight excluding hydrogens is 348 g/mol. The van der Waals surface area contributed by atoms with Gasteiger partial charge in [0.2, 0.25) is 5.91 Å². The van der Waals surface area contributed by atoms with Crippen LogP contribution in [0.5, 0.6) is 5.75 Å². The lowest BCUT2D eigenvalue weighted by Gasteiger charge is -2.09. The van der Waals surface area contributed by atoms with E-state index >= 15 is 0 Å². The van der Waals surface area contributed by atoms with E-state index in [1.54, 1.807) is 6.20 Å². The number of nitrogens with one attached hydrogen (secondary N) is 1. The summed E-state index contributed by atoms with van der Waals surface area (Å²) in [4.78, 5) is 27.4. The number of hydrogen-bond acceptors (Lipinski definition) is 5. The molecule has 1 fully saturated rings. The van der Waals surface area contributed by atoms with Crippen molar-refractivity contribution in [3.8, 4) is 5.75 Å². The molecule has 5 nitrogen and oxygen atoms in total. The van der Waals surface area contributed by atoms with E-state index < -0.39 is 0 Å². The molecule has 3 aromatic rings. The number of hydrogen-bond donors (Lipinski definition) is 1. The average molecular weight is 364 g/mol. The van der Waals surface area contributed by atoms with E-state index in [0.29, 0.717) is 13.0 Å². The van der Waals surface area contributed by atoms with Crippen LogP contribution in [-0.2, 0) is 17.8 Å². The summed E-state index contributed by atoms with van der Waals surface area (Å²) >= 11 is 1.03. The largest absolute Gasteiger partial charge is 0.489 e. The molecule has 130 valence electrons. The fourth-order valence-electron chi connectivity index (χ4n) is 2.83. The van der Waals surface area contributed by atoms with Crippen LogP contribution in [0.2, 0.25) is 0 Å². The van der Waals surface area contributed by atoms with Crippen molar-refractivity contribution >= 4 is 33.8 Å². The topological polar surface area (TPSA) is 68.3 Å². The molecule has 2 heterocycles. The van der Waals surface area contributed by atoms with Crippen LogP contribution in [0.4, 0.5) is 4.79 Å². The molecule has 1 atom stereocenters.